The van der Waals surface area contributed by atoms with Gasteiger partial charge >= 0.3 is 7.25 Å². The third-order valence-electron chi connectivity index (χ3n) is 2.68. The average molecular weight is 345 g/mol. The second-order valence-corrected chi connectivity index (χ2v) is 10.6. The van der Waals surface area contributed by atoms with Gasteiger partial charge in [0, 0.05) is 0 Å². The molecule has 1 aromatic carbocycles. The predicted octanol–water partition coefficient (Wildman–Crippen LogP) is 4.71. The van der Waals surface area contributed by atoms with Gasteiger partial charge in [-0.2, -0.15) is 0 Å². The van der Waals surface area contributed by atoms with E-state index in [2.05, 4.69) is 79.9 Å². The molecule has 0 saturated carbocycles. The lowest BCUT2D eigenvalue weighted by Crippen LogP contribution is -2.23. The van der Waals surface area contributed by atoms with Crippen LogP contribution in [0.4, 0.5) is 17.3 Å². The zero-order chi connectivity index (χ0) is 18.1. The van der Waals surface area contributed by atoms with Gasteiger partial charge in [0.2, 0.25) is 0 Å². The van der Waals surface area contributed by atoms with Crippen LogP contribution in [0.5, 0.6) is 0 Å². The van der Waals surface area contributed by atoms with E-state index >= 15 is 0 Å². The van der Waals surface area contributed by atoms with Crippen LogP contribution in [-0.2, 0) is 0 Å². The Morgan fingerprint density at radius 1 is 1.00 bits per heavy atom. The lowest BCUT2D eigenvalue weighted by molar-refractivity contribution is -0.519. The topological polar surface area (TPSA) is 3.01 Å². The summed E-state index contributed by atoms with van der Waals surface area (Å²) in [5.74, 6) is 3.43. The van der Waals surface area contributed by atoms with Gasteiger partial charge in [-0.25, -0.2) is 4.58 Å². The molecule has 128 valence electrons. The van der Waals surface area contributed by atoms with Crippen molar-refractivity contribution in [3.8, 4) is 11.5 Å². The van der Waals surface area contributed by atoms with Gasteiger partial charge in [0.25, 0.3) is 5.71 Å². The molecule has 0 radical (unpaired) electrons. The SMILES string of the molecule is CC[N+](CC)=C(C#C[Si](C)(C)C)c1ccccc1.F[B-](F)(F)F. The van der Waals surface area contributed by atoms with Crippen molar-refractivity contribution in [3.05, 3.63) is 35.9 Å². The minimum Gasteiger partial charge on any atom is -0.418 e. The molecular formula is C16H24BF4NSi. The predicted molar refractivity (Wildman–Crippen MR) is 93.2 cm³/mol. The van der Waals surface area contributed by atoms with E-state index in [0.717, 1.165) is 13.1 Å². The highest BCUT2D eigenvalue weighted by molar-refractivity contribution is 6.84. The molecule has 0 atom stereocenters. The quantitative estimate of drug-likeness (QED) is 0.245. The second-order valence-electron chi connectivity index (χ2n) is 5.88. The molecule has 0 N–H and O–H groups in total. The van der Waals surface area contributed by atoms with Crippen LogP contribution in [-0.4, -0.2) is 38.7 Å². The van der Waals surface area contributed by atoms with Gasteiger partial charge < -0.3 is 17.3 Å². The van der Waals surface area contributed by atoms with Crippen molar-refractivity contribution in [1.82, 2.24) is 0 Å². The van der Waals surface area contributed by atoms with Crippen molar-refractivity contribution in [2.75, 3.05) is 13.1 Å². The van der Waals surface area contributed by atoms with Gasteiger partial charge in [-0.3, -0.25) is 0 Å². The Hall–Kier alpha value is -1.55. The van der Waals surface area contributed by atoms with Gasteiger partial charge in [-0.15, -0.1) is 5.54 Å². The van der Waals surface area contributed by atoms with E-state index in [1.807, 2.05) is 0 Å². The van der Waals surface area contributed by atoms with Gasteiger partial charge in [0.05, 0.1) is 5.56 Å². The molecule has 0 unspecified atom stereocenters. The zero-order valence-corrected chi connectivity index (χ0v) is 15.3. The van der Waals surface area contributed by atoms with Crippen LogP contribution in [0.15, 0.2) is 30.3 Å². The van der Waals surface area contributed by atoms with Crippen molar-refractivity contribution < 1.29 is 21.8 Å². The van der Waals surface area contributed by atoms with Crippen LogP contribution >= 0.6 is 0 Å². The average Bonchev–Trinajstić information content (AvgIpc) is 2.41. The number of nitrogens with zero attached hydrogens (tertiary/aromatic N) is 1. The highest BCUT2D eigenvalue weighted by Gasteiger charge is 2.20. The Morgan fingerprint density at radius 3 is 1.78 bits per heavy atom. The lowest BCUT2D eigenvalue weighted by atomic mass is 10.1. The van der Waals surface area contributed by atoms with E-state index in [-0.39, 0.29) is 0 Å². The molecule has 0 amide bonds. The molecule has 0 bridgehead atoms. The van der Waals surface area contributed by atoms with Crippen molar-refractivity contribution in [2.45, 2.75) is 33.5 Å². The number of rotatable bonds is 3. The maximum absolute atomic E-state index is 9.75. The summed E-state index contributed by atoms with van der Waals surface area (Å²) in [5.41, 5.74) is 5.88. The van der Waals surface area contributed by atoms with Gasteiger partial charge in [-0.1, -0.05) is 37.8 Å². The molecule has 0 saturated heterocycles. The van der Waals surface area contributed by atoms with Crippen LogP contribution in [0.3, 0.4) is 0 Å². The minimum atomic E-state index is -6.00. The zero-order valence-electron chi connectivity index (χ0n) is 14.3. The van der Waals surface area contributed by atoms with Crippen LogP contribution in [0.2, 0.25) is 19.6 Å². The first-order valence-corrected chi connectivity index (χ1v) is 11.1. The van der Waals surface area contributed by atoms with Crippen molar-refractivity contribution in [2.24, 2.45) is 0 Å². The van der Waals surface area contributed by atoms with Crippen molar-refractivity contribution in [1.29, 1.82) is 0 Å². The summed E-state index contributed by atoms with van der Waals surface area (Å²) in [4.78, 5) is 0. The van der Waals surface area contributed by atoms with E-state index in [1.165, 1.54) is 11.3 Å². The molecular weight excluding hydrogens is 321 g/mol. The molecule has 0 heterocycles. The summed E-state index contributed by atoms with van der Waals surface area (Å²) < 4.78 is 41.3. The molecule has 0 aromatic heterocycles. The van der Waals surface area contributed by atoms with E-state index in [9.17, 15) is 17.3 Å². The van der Waals surface area contributed by atoms with Crippen LogP contribution in [0.1, 0.15) is 19.4 Å². The monoisotopic (exact) mass is 345 g/mol. The molecule has 0 aliphatic heterocycles. The van der Waals surface area contributed by atoms with Crippen molar-refractivity contribution >= 4 is 21.0 Å². The molecule has 1 rings (SSSR count). The Balaban J connectivity index is 0.000000841. The summed E-state index contributed by atoms with van der Waals surface area (Å²) in [7, 11) is -7.33. The number of benzene rings is 1. The summed E-state index contributed by atoms with van der Waals surface area (Å²) in [6.07, 6.45) is 0. The molecule has 23 heavy (non-hydrogen) atoms. The van der Waals surface area contributed by atoms with Crippen LogP contribution in [0, 0.1) is 11.5 Å². The maximum atomic E-state index is 9.75. The Morgan fingerprint density at radius 2 is 1.43 bits per heavy atom. The van der Waals surface area contributed by atoms with Crippen molar-refractivity contribution in [3.63, 3.8) is 0 Å². The first-order chi connectivity index (χ1) is 10.5. The Labute approximate surface area is 137 Å². The highest BCUT2D eigenvalue weighted by Crippen LogP contribution is 2.06. The van der Waals surface area contributed by atoms with E-state index in [4.69, 9.17) is 0 Å². The molecule has 1 nitrogen and oxygen atoms in total. The minimum absolute atomic E-state index is 1.00. The Bertz CT molecular complexity index is 554. The first-order valence-electron chi connectivity index (χ1n) is 7.55. The number of hydrogen-bond donors (Lipinski definition) is 0. The molecule has 1 aromatic rings. The Kier molecular flexibility index (Phi) is 8.92. The van der Waals surface area contributed by atoms with E-state index in [0.29, 0.717) is 0 Å². The summed E-state index contributed by atoms with van der Waals surface area (Å²) >= 11 is 0. The fraction of sp³-hybridized carbons (Fsp3) is 0.438. The van der Waals surface area contributed by atoms with Crippen LogP contribution in [0.25, 0.3) is 0 Å². The van der Waals surface area contributed by atoms with Gasteiger partial charge in [0.1, 0.15) is 21.2 Å². The van der Waals surface area contributed by atoms with Gasteiger partial charge in [-0.05, 0) is 31.9 Å². The second kappa shape index (κ2) is 9.56. The van der Waals surface area contributed by atoms with Crippen LogP contribution < -0.4 is 0 Å². The number of hydrogen-bond acceptors (Lipinski definition) is 0. The molecule has 0 fully saturated rings. The van der Waals surface area contributed by atoms with E-state index < -0.39 is 15.3 Å². The fourth-order valence-corrected chi connectivity index (χ4v) is 2.21. The van der Waals surface area contributed by atoms with Gasteiger partial charge in [0.15, 0.2) is 0 Å². The summed E-state index contributed by atoms with van der Waals surface area (Å²) in [6, 6.07) is 10.5. The summed E-state index contributed by atoms with van der Waals surface area (Å²) in [5, 5.41) is 0. The maximum Gasteiger partial charge on any atom is 0.673 e. The third-order valence-corrected chi connectivity index (χ3v) is 3.56. The number of halogens is 4. The van der Waals surface area contributed by atoms with E-state index in [1.54, 1.807) is 0 Å². The third kappa shape index (κ3) is 11.6. The first kappa shape index (κ1) is 21.5. The normalized spacial score (nSPS) is 10.8. The lowest BCUT2D eigenvalue weighted by Gasteiger charge is -2.05. The molecule has 0 spiro atoms. The fourth-order valence-electron chi connectivity index (χ4n) is 1.72. The molecule has 0 aliphatic rings. The molecule has 7 heteroatoms. The summed E-state index contributed by atoms with van der Waals surface area (Å²) in [6.45, 7) is 13.2. The smallest absolute Gasteiger partial charge is 0.418 e. The largest absolute Gasteiger partial charge is 0.673 e. The highest BCUT2D eigenvalue weighted by atomic mass is 28.3. The standard InChI is InChI=1S/C16H24NSi.BF4/c1-6-17(7-2)16(13-14-18(3,4)5)15-11-9-8-10-12-15;2-1(3,4)5/h8-12H,6-7H2,1-5H3;/q+1;-1. The molecule has 0 aliphatic carbocycles.